The SMILES string of the molecule is Cc1ccc(C)c(-c2cc(C(=O)Nc3cc(C)c(C)cc3N=Nc3ccccc3)no2)c1. The van der Waals surface area contributed by atoms with Crippen molar-refractivity contribution in [2.24, 2.45) is 10.2 Å². The Kier molecular flexibility index (Phi) is 5.94. The number of aryl methyl sites for hydroxylation is 4. The molecule has 0 aliphatic rings. The maximum Gasteiger partial charge on any atom is 0.277 e. The Morgan fingerprint density at radius 1 is 0.844 bits per heavy atom. The summed E-state index contributed by atoms with van der Waals surface area (Å²) >= 11 is 0. The summed E-state index contributed by atoms with van der Waals surface area (Å²) in [5, 5.41) is 15.5. The Bertz CT molecular complexity index is 1310. The second-order valence-corrected chi connectivity index (χ2v) is 7.84. The molecular weight excluding hydrogens is 400 g/mol. The van der Waals surface area contributed by atoms with Gasteiger partial charge >= 0.3 is 0 Å². The average Bonchev–Trinajstić information content (AvgIpc) is 3.28. The third-order valence-corrected chi connectivity index (χ3v) is 5.29. The number of benzene rings is 3. The van der Waals surface area contributed by atoms with Crippen LogP contribution in [0.3, 0.4) is 0 Å². The number of carbonyl (C=O) groups is 1. The molecule has 1 N–H and O–H groups in total. The van der Waals surface area contributed by atoms with E-state index in [-0.39, 0.29) is 11.6 Å². The van der Waals surface area contributed by atoms with Crippen molar-refractivity contribution >= 4 is 23.0 Å². The van der Waals surface area contributed by atoms with Crippen molar-refractivity contribution in [3.63, 3.8) is 0 Å². The van der Waals surface area contributed by atoms with Gasteiger partial charge in [0.1, 0.15) is 5.69 Å². The van der Waals surface area contributed by atoms with Crippen LogP contribution in [0.5, 0.6) is 0 Å². The molecule has 0 saturated carbocycles. The van der Waals surface area contributed by atoms with Crippen LogP contribution < -0.4 is 5.32 Å². The molecule has 4 rings (SSSR count). The van der Waals surface area contributed by atoms with Gasteiger partial charge in [0.15, 0.2) is 11.5 Å². The van der Waals surface area contributed by atoms with Gasteiger partial charge in [-0.05, 0) is 74.7 Å². The fourth-order valence-corrected chi connectivity index (χ4v) is 3.29. The van der Waals surface area contributed by atoms with Crippen LogP contribution in [0.25, 0.3) is 11.3 Å². The predicted molar refractivity (Wildman–Crippen MR) is 126 cm³/mol. The summed E-state index contributed by atoms with van der Waals surface area (Å²) in [6.07, 6.45) is 0. The van der Waals surface area contributed by atoms with Crippen LogP contribution in [0.4, 0.5) is 17.1 Å². The lowest BCUT2D eigenvalue weighted by molar-refractivity contribution is 0.101. The lowest BCUT2D eigenvalue weighted by Gasteiger charge is -2.10. The number of nitrogens with zero attached hydrogens (tertiary/aromatic N) is 3. The summed E-state index contributed by atoms with van der Waals surface area (Å²) in [6, 6.07) is 21.0. The highest BCUT2D eigenvalue weighted by Gasteiger charge is 2.17. The van der Waals surface area contributed by atoms with Crippen molar-refractivity contribution in [1.29, 1.82) is 0 Å². The van der Waals surface area contributed by atoms with Crippen LogP contribution >= 0.6 is 0 Å². The summed E-state index contributed by atoms with van der Waals surface area (Å²) in [4.78, 5) is 12.9. The van der Waals surface area contributed by atoms with Gasteiger partial charge in [0, 0.05) is 11.6 Å². The highest BCUT2D eigenvalue weighted by atomic mass is 16.5. The van der Waals surface area contributed by atoms with Gasteiger partial charge in [-0.1, -0.05) is 41.1 Å². The van der Waals surface area contributed by atoms with Crippen LogP contribution in [0, 0.1) is 27.7 Å². The fourth-order valence-electron chi connectivity index (χ4n) is 3.29. The van der Waals surface area contributed by atoms with Crippen molar-refractivity contribution in [2.75, 3.05) is 5.32 Å². The van der Waals surface area contributed by atoms with E-state index in [1.807, 2.05) is 88.4 Å². The first-order valence-electron chi connectivity index (χ1n) is 10.3. The molecule has 0 bridgehead atoms. The highest BCUT2D eigenvalue weighted by Crippen LogP contribution is 2.31. The number of carbonyl (C=O) groups excluding carboxylic acids is 1. The fraction of sp³-hybridized carbons (Fsp3) is 0.154. The van der Waals surface area contributed by atoms with E-state index in [1.54, 1.807) is 6.07 Å². The monoisotopic (exact) mass is 424 g/mol. The number of azo groups is 1. The summed E-state index contributed by atoms with van der Waals surface area (Å²) in [5.74, 6) is 0.185. The van der Waals surface area contributed by atoms with E-state index < -0.39 is 0 Å². The Labute approximate surface area is 187 Å². The number of nitrogens with one attached hydrogen (secondary N) is 1. The summed E-state index contributed by atoms with van der Waals surface area (Å²) < 4.78 is 5.47. The summed E-state index contributed by atoms with van der Waals surface area (Å²) in [7, 11) is 0. The van der Waals surface area contributed by atoms with Crippen LogP contribution in [0.1, 0.15) is 32.7 Å². The first kappa shape index (κ1) is 21.2. The second-order valence-electron chi connectivity index (χ2n) is 7.84. The Hall–Kier alpha value is -4.06. The molecular formula is C26H24N4O2. The molecule has 1 aromatic heterocycles. The number of aromatic nitrogens is 1. The maximum atomic E-state index is 12.9. The van der Waals surface area contributed by atoms with Gasteiger partial charge in [-0.3, -0.25) is 4.79 Å². The number of amides is 1. The van der Waals surface area contributed by atoms with Gasteiger partial charge in [0.25, 0.3) is 5.91 Å². The van der Waals surface area contributed by atoms with Crippen molar-refractivity contribution in [2.45, 2.75) is 27.7 Å². The molecule has 0 aliphatic heterocycles. The highest BCUT2D eigenvalue weighted by molar-refractivity contribution is 6.05. The second kappa shape index (κ2) is 8.98. The Morgan fingerprint density at radius 2 is 1.59 bits per heavy atom. The third kappa shape index (κ3) is 4.64. The lowest BCUT2D eigenvalue weighted by Crippen LogP contribution is -2.12. The normalized spacial score (nSPS) is 11.1. The zero-order chi connectivity index (χ0) is 22.7. The molecule has 0 fully saturated rings. The molecule has 0 spiro atoms. The van der Waals surface area contributed by atoms with Gasteiger partial charge in [-0.2, -0.15) is 5.11 Å². The van der Waals surface area contributed by atoms with E-state index in [9.17, 15) is 4.79 Å². The predicted octanol–water partition coefficient (Wildman–Crippen LogP) is 7.24. The van der Waals surface area contributed by atoms with E-state index in [4.69, 9.17) is 4.52 Å². The number of hydrogen-bond acceptors (Lipinski definition) is 5. The van der Waals surface area contributed by atoms with Crippen LogP contribution in [0.15, 0.2) is 81.5 Å². The third-order valence-electron chi connectivity index (χ3n) is 5.29. The van der Waals surface area contributed by atoms with E-state index in [0.29, 0.717) is 17.1 Å². The Morgan fingerprint density at radius 3 is 2.38 bits per heavy atom. The van der Waals surface area contributed by atoms with Crippen molar-refractivity contribution in [3.8, 4) is 11.3 Å². The zero-order valence-electron chi connectivity index (χ0n) is 18.5. The maximum absolute atomic E-state index is 12.9. The van der Waals surface area contributed by atoms with Crippen LogP contribution in [-0.2, 0) is 0 Å². The van der Waals surface area contributed by atoms with Crippen molar-refractivity contribution < 1.29 is 9.32 Å². The van der Waals surface area contributed by atoms with Gasteiger partial charge in [-0.25, -0.2) is 0 Å². The minimum Gasteiger partial charge on any atom is -0.355 e. The molecule has 1 heterocycles. The molecule has 0 atom stereocenters. The molecule has 0 radical (unpaired) electrons. The average molecular weight is 425 g/mol. The van der Waals surface area contributed by atoms with Gasteiger partial charge in [-0.15, -0.1) is 5.11 Å². The topological polar surface area (TPSA) is 79.9 Å². The summed E-state index contributed by atoms with van der Waals surface area (Å²) in [6.45, 7) is 7.99. The molecule has 4 aromatic rings. The quantitative estimate of drug-likeness (QED) is 0.343. The number of hydrogen-bond donors (Lipinski definition) is 1. The minimum absolute atomic E-state index is 0.199. The Balaban J connectivity index is 1.61. The molecule has 160 valence electrons. The van der Waals surface area contributed by atoms with E-state index in [2.05, 4.69) is 20.7 Å². The van der Waals surface area contributed by atoms with Gasteiger partial charge in [0.2, 0.25) is 0 Å². The summed E-state index contributed by atoms with van der Waals surface area (Å²) in [5.41, 5.74) is 7.24. The van der Waals surface area contributed by atoms with Crippen LogP contribution in [0.2, 0.25) is 0 Å². The molecule has 1 amide bonds. The van der Waals surface area contributed by atoms with E-state index in [1.165, 1.54) is 0 Å². The number of rotatable bonds is 5. The molecule has 6 heteroatoms. The van der Waals surface area contributed by atoms with E-state index in [0.717, 1.165) is 33.5 Å². The molecule has 32 heavy (non-hydrogen) atoms. The lowest BCUT2D eigenvalue weighted by atomic mass is 10.0. The first-order chi connectivity index (χ1) is 15.4. The van der Waals surface area contributed by atoms with Crippen molar-refractivity contribution in [3.05, 3.63) is 94.7 Å². The van der Waals surface area contributed by atoms with Crippen LogP contribution in [-0.4, -0.2) is 11.1 Å². The minimum atomic E-state index is -0.371. The molecule has 0 saturated heterocycles. The van der Waals surface area contributed by atoms with Gasteiger partial charge < -0.3 is 9.84 Å². The van der Waals surface area contributed by atoms with Crippen molar-refractivity contribution in [1.82, 2.24) is 5.16 Å². The largest absolute Gasteiger partial charge is 0.355 e. The van der Waals surface area contributed by atoms with E-state index >= 15 is 0 Å². The molecule has 3 aromatic carbocycles. The first-order valence-corrected chi connectivity index (χ1v) is 10.3. The standard InChI is InChI=1S/C26H24N4O2/c1-16-10-11-17(2)21(12-16)25-15-24(30-32-25)26(31)27-22-13-18(3)19(4)14-23(22)29-28-20-8-6-5-7-9-20/h5-15H,1-4H3,(H,27,31). The molecule has 0 unspecified atom stereocenters. The zero-order valence-corrected chi connectivity index (χ0v) is 18.5. The molecule has 6 nitrogen and oxygen atoms in total. The number of anilines is 1. The molecule has 0 aliphatic carbocycles. The van der Waals surface area contributed by atoms with Gasteiger partial charge in [0.05, 0.1) is 11.4 Å². The smallest absolute Gasteiger partial charge is 0.277 e.